The van der Waals surface area contributed by atoms with E-state index in [0.717, 1.165) is 11.3 Å². The van der Waals surface area contributed by atoms with Gasteiger partial charge in [-0.1, -0.05) is 37.5 Å². The van der Waals surface area contributed by atoms with Crippen LogP contribution in [0.4, 0.5) is 11.5 Å². The molecule has 2 aromatic rings. The van der Waals surface area contributed by atoms with Gasteiger partial charge in [-0.2, -0.15) is 0 Å². The first-order valence-corrected chi connectivity index (χ1v) is 9.43. The molecule has 0 atom stereocenters. The maximum Gasteiger partial charge on any atom is 0.225 e. The van der Waals surface area contributed by atoms with Crippen LogP contribution in [0.3, 0.4) is 0 Å². The number of nitrogens with one attached hydrogen (secondary N) is 1. The number of benzene rings is 1. The van der Waals surface area contributed by atoms with Gasteiger partial charge in [-0.05, 0) is 48.9 Å². The van der Waals surface area contributed by atoms with Crippen molar-refractivity contribution in [3.8, 4) is 5.75 Å². The Labute approximate surface area is 179 Å². The minimum atomic E-state index is -0.0885. The molecule has 7 heteroatoms. The summed E-state index contributed by atoms with van der Waals surface area (Å²) in [4.78, 5) is 16.6. The first-order valence-electron chi connectivity index (χ1n) is 9.43. The summed E-state index contributed by atoms with van der Waals surface area (Å²) in [7, 11) is 0. The normalized spacial score (nSPS) is 13.7. The molecule has 1 aromatic carbocycles. The zero-order valence-electron chi connectivity index (χ0n) is 15.9. The van der Waals surface area contributed by atoms with Gasteiger partial charge in [-0.15, -0.1) is 24.8 Å². The van der Waals surface area contributed by atoms with Gasteiger partial charge < -0.3 is 15.8 Å². The largest absolute Gasteiger partial charge is 0.489 e. The van der Waals surface area contributed by atoms with Crippen molar-refractivity contribution in [3.63, 3.8) is 0 Å². The topological polar surface area (TPSA) is 77.2 Å². The number of nitrogen functional groups attached to an aromatic ring is 1. The van der Waals surface area contributed by atoms with Crippen molar-refractivity contribution in [2.24, 2.45) is 5.92 Å². The van der Waals surface area contributed by atoms with Crippen molar-refractivity contribution in [1.29, 1.82) is 0 Å². The highest BCUT2D eigenvalue weighted by atomic mass is 35.5. The number of anilines is 2. The van der Waals surface area contributed by atoms with Gasteiger partial charge in [0.15, 0.2) is 11.6 Å². The average molecular weight is 426 g/mol. The summed E-state index contributed by atoms with van der Waals surface area (Å²) in [5, 5.41) is 2.87. The second kappa shape index (κ2) is 12.5. The van der Waals surface area contributed by atoms with E-state index in [1.165, 1.54) is 32.1 Å². The van der Waals surface area contributed by atoms with Gasteiger partial charge in [0.25, 0.3) is 0 Å². The number of carbonyl (C=O) groups is 1. The SMILES string of the molecule is Cl.Cl.Nc1ccccc1CCC(=O)Nc1ncccc1OCC1CCCCC1. The summed E-state index contributed by atoms with van der Waals surface area (Å²) < 4.78 is 5.96. The number of ether oxygens (including phenoxy) is 1. The highest BCUT2D eigenvalue weighted by Crippen LogP contribution is 2.27. The minimum Gasteiger partial charge on any atom is -0.489 e. The number of nitrogens with two attached hydrogens (primary N) is 1. The molecule has 0 saturated heterocycles. The van der Waals surface area contributed by atoms with Crippen LogP contribution >= 0.6 is 24.8 Å². The molecule has 1 heterocycles. The van der Waals surface area contributed by atoms with Crippen molar-refractivity contribution >= 4 is 42.2 Å². The van der Waals surface area contributed by atoms with Crippen molar-refractivity contribution in [2.75, 3.05) is 17.7 Å². The van der Waals surface area contributed by atoms with Gasteiger partial charge in [0.1, 0.15) is 0 Å². The minimum absolute atomic E-state index is 0. The van der Waals surface area contributed by atoms with Crippen LogP contribution in [0.2, 0.25) is 0 Å². The predicted octanol–water partition coefficient (Wildman–Crippen LogP) is 5.04. The second-order valence-electron chi connectivity index (χ2n) is 6.91. The maximum absolute atomic E-state index is 12.3. The van der Waals surface area contributed by atoms with Crippen molar-refractivity contribution < 1.29 is 9.53 Å². The van der Waals surface area contributed by atoms with Crippen LogP contribution in [0, 0.1) is 5.92 Å². The zero-order chi connectivity index (χ0) is 18.2. The first kappa shape index (κ1) is 24.1. The molecule has 0 unspecified atom stereocenters. The van der Waals surface area contributed by atoms with E-state index in [-0.39, 0.29) is 30.7 Å². The molecule has 28 heavy (non-hydrogen) atoms. The number of hydrogen-bond donors (Lipinski definition) is 2. The fraction of sp³-hybridized carbons (Fsp3) is 0.429. The van der Waals surface area contributed by atoms with Gasteiger partial charge in [0.05, 0.1) is 6.61 Å². The third kappa shape index (κ3) is 7.21. The smallest absolute Gasteiger partial charge is 0.225 e. The third-order valence-corrected chi connectivity index (χ3v) is 4.90. The number of pyridine rings is 1. The Hall–Kier alpha value is -1.98. The lowest BCUT2D eigenvalue weighted by Gasteiger charge is -2.22. The summed E-state index contributed by atoms with van der Waals surface area (Å²) in [6.45, 7) is 0.690. The van der Waals surface area contributed by atoms with Crippen LogP contribution in [-0.2, 0) is 11.2 Å². The molecule has 1 aliphatic carbocycles. The first-order chi connectivity index (χ1) is 12.7. The van der Waals surface area contributed by atoms with Gasteiger partial charge in [-0.3, -0.25) is 4.79 Å². The Bertz CT molecular complexity index is 737. The Morgan fingerprint density at radius 3 is 2.61 bits per heavy atom. The van der Waals surface area contributed by atoms with Gasteiger partial charge in [0, 0.05) is 18.3 Å². The van der Waals surface area contributed by atoms with E-state index in [0.29, 0.717) is 36.9 Å². The molecule has 154 valence electrons. The second-order valence-corrected chi connectivity index (χ2v) is 6.91. The van der Waals surface area contributed by atoms with Crippen molar-refractivity contribution in [2.45, 2.75) is 44.9 Å². The molecule has 1 amide bonds. The number of aryl methyl sites for hydroxylation is 1. The van der Waals surface area contributed by atoms with Crippen LogP contribution in [0.5, 0.6) is 5.75 Å². The van der Waals surface area contributed by atoms with Crippen molar-refractivity contribution in [1.82, 2.24) is 4.98 Å². The summed E-state index contributed by atoms with van der Waals surface area (Å²) in [5.74, 6) is 1.66. The lowest BCUT2D eigenvalue weighted by molar-refractivity contribution is -0.116. The lowest BCUT2D eigenvalue weighted by Crippen LogP contribution is -2.18. The summed E-state index contributed by atoms with van der Waals surface area (Å²) in [6, 6.07) is 11.3. The summed E-state index contributed by atoms with van der Waals surface area (Å²) in [5.41, 5.74) is 7.63. The quantitative estimate of drug-likeness (QED) is 0.609. The van der Waals surface area contributed by atoms with Gasteiger partial charge in [-0.25, -0.2) is 4.98 Å². The average Bonchev–Trinajstić information content (AvgIpc) is 2.67. The van der Waals surface area contributed by atoms with E-state index in [4.69, 9.17) is 10.5 Å². The lowest BCUT2D eigenvalue weighted by atomic mass is 9.90. The number of para-hydroxylation sites is 1. The zero-order valence-corrected chi connectivity index (χ0v) is 17.6. The van der Waals surface area contributed by atoms with E-state index in [1.54, 1.807) is 6.20 Å². The highest BCUT2D eigenvalue weighted by Gasteiger charge is 2.16. The Morgan fingerprint density at radius 2 is 1.86 bits per heavy atom. The molecular weight excluding hydrogens is 397 g/mol. The molecule has 3 N–H and O–H groups in total. The van der Waals surface area contributed by atoms with Crippen LogP contribution in [0.15, 0.2) is 42.6 Å². The molecule has 1 fully saturated rings. The van der Waals surface area contributed by atoms with E-state index >= 15 is 0 Å². The Morgan fingerprint density at radius 1 is 1.11 bits per heavy atom. The number of hydrogen-bond acceptors (Lipinski definition) is 4. The van der Waals surface area contributed by atoms with Crippen LogP contribution in [0.25, 0.3) is 0 Å². The number of rotatable bonds is 7. The molecular formula is C21H29Cl2N3O2. The molecule has 0 radical (unpaired) electrons. The maximum atomic E-state index is 12.3. The Kier molecular flexibility index (Phi) is 10.7. The van der Waals surface area contributed by atoms with Crippen LogP contribution < -0.4 is 15.8 Å². The number of aromatic nitrogens is 1. The molecule has 0 aliphatic heterocycles. The number of halogens is 2. The number of amides is 1. The fourth-order valence-electron chi connectivity index (χ4n) is 3.37. The molecule has 0 bridgehead atoms. The Balaban J connectivity index is 0.00000196. The van der Waals surface area contributed by atoms with E-state index in [1.807, 2.05) is 36.4 Å². The van der Waals surface area contributed by atoms with E-state index in [9.17, 15) is 4.79 Å². The molecule has 1 aliphatic rings. The molecule has 3 rings (SSSR count). The standard InChI is InChI=1S/C21H27N3O2.2ClH/c22-18-10-5-4-9-17(18)12-13-20(25)24-21-19(11-6-14-23-21)26-15-16-7-2-1-3-8-16;;/h4-6,9-11,14,16H,1-3,7-8,12-13,15,22H2,(H,23,24,25);2*1H. The van der Waals surface area contributed by atoms with Crippen LogP contribution in [0.1, 0.15) is 44.1 Å². The fourth-order valence-corrected chi connectivity index (χ4v) is 3.37. The number of carbonyl (C=O) groups excluding carboxylic acids is 1. The number of nitrogens with zero attached hydrogens (tertiary/aromatic N) is 1. The van der Waals surface area contributed by atoms with Gasteiger partial charge >= 0.3 is 0 Å². The van der Waals surface area contributed by atoms with Crippen LogP contribution in [-0.4, -0.2) is 17.5 Å². The monoisotopic (exact) mass is 425 g/mol. The van der Waals surface area contributed by atoms with Crippen molar-refractivity contribution in [3.05, 3.63) is 48.2 Å². The molecule has 0 spiro atoms. The van der Waals surface area contributed by atoms with E-state index < -0.39 is 0 Å². The predicted molar refractivity (Wildman–Crippen MR) is 119 cm³/mol. The van der Waals surface area contributed by atoms with E-state index in [2.05, 4.69) is 10.3 Å². The molecule has 5 nitrogen and oxygen atoms in total. The molecule has 1 saturated carbocycles. The third-order valence-electron chi connectivity index (χ3n) is 4.90. The summed E-state index contributed by atoms with van der Waals surface area (Å²) >= 11 is 0. The van der Waals surface area contributed by atoms with Gasteiger partial charge in [0.2, 0.25) is 5.91 Å². The summed E-state index contributed by atoms with van der Waals surface area (Å²) in [6.07, 6.45) is 8.97. The highest BCUT2D eigenvalue weighted by molar-refractivity contribution is 5.91. The molecule has 1 aromatic heterocycles.